The van der Waals surface area contributed by atoms with Crippen molar-refractivity contribution in [2.75, 3.05) is 18.0 Å². The monoisotopic (exact) mass is 335 g/mol. The van der Waals surface area contributed by atoms with Gasteiger partial charge in [0, 0.05) is 25.3 Å². The van der Waals surface area contributed by atoms with Crippen LogP contribution in [0.3, 0.4) is 0 Å². The molecule has 7 heteroatoms. The lowest BCUT2D eigenvalue weighted by Crippen LogP contribution is -2.48. The van der Waals surface area contributed by atoms with Gasteiger partial charge in [-0.1, -0.05) is 12.1 Å². The predicted molar refractivity (Wildman–Crippen MR) is 86.2 cm³/mol. The lowest BCUT2D eigenvalue weighted by Gasteiger charge is -2.33. The first-order valence-corrected chi connectivity index (χ1v) is 8.97. The maximum atomic E-state index is 13.3. The van der Waals surface area contributed by atoms with Crippen LogP contribution in [0.15, 0.2) is 53.6 Å². The van der Waals surface area contributed by atoms with Crippen molar-refractivity contribution >= 4 is 15.8 Å². The van der Waals surface area contributed by atoms with Gasteiger partial charge in [-0.25, -0.2) is 22.5 Å². The van der Waals surface area contributed by atoms with E-state index in [-0.39, 0.29) is 10.9 Å². The number of nitrogens with zero attached hydrogens (tertiary/aromatic N) is 2. The Morgan fingerprint density at radius 1 is 1.22 bits per heavy atom. The minimum absolute atomic E-state index is 0.0486. The van der Waals surface area contributed by atoms with Gasteiger partial charge in [0.15, 0.2) is 0 Å². The van der Waals surface area contributed by atoms with E-state index in [4.69, 9.17) is 0 Å². The normalized spacial score (nSPS) is 18.8. The Bertz CT molecular complexity index is 768. The van der Waals surface area contributed by atoms with Crippen molar-refractivity contribution < 1.29 is 12.8 Å². The first-order chi connectivity index (χ1) is 11.0. The first-order valence-electron chi connectivity index (χ1n) is 7.48. The third-order valence-electron chi connectivity index (χ3n) is 3.82. The molecule has 2 heterocycles. The van der Waals surface area contributed by atoms with Gasteiger partial charge in [-0.2, -0.15) is 0 Å². The molecule has 1 atom stereocenters. The number of aromatic nitrogens is 1. The topological polar surface area (TPSA) is 62.3 Å². The van der Waals surface area contributed by atoms with E-state index in [2.05, 4.69) is 14.6 Å². The zero-order valence-electron chi connectivity index (χ0n) is 12.5. The Morgan fingerprint density at radius 3 is 2.83 bits per heavy atom. The van der Waals surface area contributed by atoms with E-state index in [0.29, 0.717) is 6.54 Å². The van der Waals surface area contributed by atoms with E-state index in [9.17, 15) is 12.8 Å². The molecular formula is C16H18FN3O2S. The summed E-state index contributed by atoms with van der Waals surface area (Å²) in [6.45, 7) is 1.39. The summed E-state index contributed by atoms with van der Waals surface area (Å²) in [5, 5.41) is 0. The van der Waals surface area contributed by atoms with Crippen molar-refractivity contribution in [1.29, 1.82) is 0 Å². The van der Waals surface area contributed by atoms with Crippen LogP contribution in [0.4, 0.5) is 10.2 Å². The van der Waals surface area contributed by atoms with Crippen molar-refractivity contribution in [2.24, 2.45) is 0 Å². The molecule has 23 heavy (non-hydrogen) atoms. The van der Waals surface area contributed by atoms with E-state index in [1.165, 1.54) is 18.2 Å². The number of piperidine rings is 1. The molecule has 1 aromatic carbocycles. The van der Waals surface area contributed by atoms with Gasteiger partial charge in [-0.15, -0.1) is 0 Å². The Balaban J connectivity index is 1.72. The summed E-state index contributed by atoms with van der Waals surface area (Å²) < 4.78 is 40.7. The van der Waals surface area contributed by atoms with Crippen LogP contribution in [0.5, 0.6) is 0 Å². The highest BCUT2D eigenvalue weighted by Gasteiger charge is 2.26. The number of halogens is 1. The van der Waals surface area contributed by atoms with Crippen molar-refractivity contribution in [3.8, 4) is 0 Å². The van der Waals surface area contributed by atoms with Gasteiger partial charge >= 0.3 is 0 Å². The summed E-state index contributed by atoms with van der Waals surface area (Å²) in [6.07, 6.45) is 3.33. The van der Waals surface area contributed by atoms with Crippen LogP contribution in [0.2, 0.25) is 0 Å². The van der Waals surface area contributed by atoms with Gasteiger partial charge in [0.05, 0.1) is 4.90 Å². The van der Waals surface area contributed by atoms with E-state index in [0.717, 1.165) is 31.3 Å². The molecule has 1 fully saturated rings. The highest BCUT2D eigenvalue weighted by Crippen LogP contribution is 2.19. The van der Waals surface area contributed by atoms with Crippen LogP contribution < -0.4 is 9.62 Å². The number of rotatable bonds is 4. The number of benzene rings is 1. The molecule has 0 bridgehead atoms. The molecule has 0 spiro atoms. The zero-order valence-corrected chi connectivity index (χ0v) is 13.3. The van der Waals surface area contributed by atoms with Crippen LogP contribution in [0.25, 0.3) is 0 Å². The lowest BCUT2D eigenvalue weighted by atomic mass is 10.1. The van der Waals surface area contributed by atoms with Gasteiger partial charge < -0.3 is 4.90 Å². The summed E-state index contributed by atoms with van der Waals surface area (Å²) in [4.78, 5) is 6.31. The summed E-state index contributed by atoms with van der Waals surface area (Å²) in [7, 11) is -3.73. The molecule has 1 aliphatic rings. The van der Waals surface area contributed by atoms with E-state index >= 15 is 0 Å². The number of hydrogen-bond donors (Lipinski definition) is 1. The molecule has 3 rings (SSSR count). The van der Waals surface area contributed by atoms with Gasteiger partial charge in [0.25, 0.3) is 0 Å². The summed E-state index contributed by atoms with van der Waals surface area (Å²) >= 11 is 0. The lowest BCUT2D eigenvalue weighted by molar-refractivity contribution is 0.464. The quantitative estimate of drug-likeness (QED) is 0.930. The predicted octanol–water partition coefficient (Wildman–Crippen LogP) is 2.17. The fourth-order valence-corrected chi connectivity index (χ4v) is 4.04. The maximum Gasteiger partial charge on any atom is 0.240 e. The summed E-state index contributed by atoms with van der Waals surface area (Å²) in [6, 6.07) is 10.5. The molecule has 0 saturated carbocycles. The second kappa shape index (κ2) is 6.64. The molecular weight excluding hydrogens is 317 g/mol. The second-order valence-corrected chi connectivity index (χ2v) is 7.27. The average molecular weight is 335 g/mol. The fourth-order valence-electron chi connectivity index (χ4n) is 2.74. The van der Waals surface area contributed by atoms with E-state index in [1.54, 1.807) is 6.20 Å². The molecule has 1 N–H and O–H groups in total. The molecule has 122 valence electrons. The average Bonchev–Trinajstić information content (AvgIpc) is 2.55. The van der Waals surface area contributed by atoms with Crippen LogP contribution in [0.1, 0.15) is 12.8 Å². The number of sulfonamides is 1. The Labute approximate surface area is 135 Å². The minimum Gasteiger partial charge on any atom is -0.355 e. The summed E-state index contributed by atoms with van der Waals surface area (Å²) in [5.74, 6) is 0.272. The second-order valence-electron chi connectivity index (χ2n) is 5.55. The third kappa shape index (κ3) is 3.86. The van der Waals surface area contributed by atoms with Crippen LogP contribution >= 0.6 is 0 Å². The Morgan fingerprint density at radius 2 is 2.09 bits per heavy atom. The van der Waals surface area contributed by atoms with Gasteiger partial charge in [-0.05, 0) is 43.2 Å². The summed E-state index contributed by atoms with van der Waals surface area (Å²) in [5.41, 5.74) is 0. The maximum absolute atomic E-state index is 13.3. The van der Waals surface area contributed by atoms with Crippen molar-refractivity contribution in [1.82, 2.24) is 9.71 Å². The van der Waals surface area contributed by atoms with Gasteiger partial charge in [0.1, 0.15) is 11.6 Å². The standard InChI is InChI=1S/C16H18FN3O2S/c17-13-5-3-7-15(11-13)23(21,22)19-14-6-4-10-20(12-14)16-8-1-2-9-18-16/h1-3,5,7-9,11,14,19H,4,6,10,12H2/t14-/m1/s1. The van der Waals surface area contributed by atoms with Crippen molar-refractivity contribution in [3.05, 3.63) is 54.5 Å². The fraction of sp³-hybridized carbons (Fsp3) is 0.312. The SMILES string of the molecule is O=S(=O)(N[C@@H]1CCCN(c2ccccn2)C1)c1cccc(F)c1. The smallest absolute Gasteiger partial charge is 0.240 e. The molecule has 0 unspecified atom stereocenters. The van der Waals surface area contributed by atoms with Crippen LogP contribution in [0, 0.1) is 5.82 Å². The highest BCUT2D eigenvalue weighted by molar-refractivity contribution is 7.89. The number of nitrogens with one attached hydrogen (secondary N) is 1. The molecule has 1 saturated heterocycles. The molecule has 0 aliphatic carbocycles. The third-order valence-corrected chi connectivity index (χ3v) is 5.34. The van der Waals surface area contributed by atoms with Crippen molar-refractivity contribution in [2.45, 2.75) is 23.8 Å². The number of hydrogen-bond acceptors (Lipinski definition) is 4. The molecule has 5 nitrogen and oxygen atoms in total. The molecule has 1 aliphatic heterocycles. The number of anilines is 1. The molecule has 0 amide bonds. The van der Waals surface area contributed by atoms with Crippen LogP contribution in [-0.2, 0) is 10.0 Å². The Kier molecular flexibility index (Phi) is 4.58. The Hall–Kier alpha value is -1.99. The van der Waals surface area contributed by atoms with E-state index < -0.39 is 15.8 Å². The van der Waals surface area contributed by atoms with Crippen LogP contribution in [-0.4, -0.2) is 32.5 Å². The molecule has 1 aromatic heterocycles. The minimum atomic E-state index is -3.73. The first kappa shape index (κ1) is 15.9. The van der Waals surface area contributed by atoms with Gasteiger partial charge in [-0.3, -0.25) is 0 Å². The van der Waals surface area contributed by atoms with E-state index in [1.807, 2.05) is 18.2 Å². The molecule has 0 radical (unpaired) electrons. The zero-order chi connectivity index (χ0) is 16.3. The molecule has 2 aromatic rings. The number of pyridine rings is 1. The van der Waals surface area contributed by atoms with Gasteiger partial charge in [0.2, 0.25) is 10.0 Å². The van der Waals surface area contributed by atoms with Crippen molar-refractivity contribution in [3.63, 3.8) is 0 Å². The largest absolute Gasteiger partial charge is 0.355 e. The highest BCUT2D eigenvalue weighted by atomic mass is 32.2.